The molecule has 0 fully saturated rings. The van der Waals surface area contributed by atoms with Crippen LogP contribution >= 0.6 is 0 Å². The summed E-state index contributed by atoms with van der Waals surface area (Å²) in [5, 5.41) is 3.17. The first-order valence-corrected chi connectivity index (χ1v) is 9.16. The molecule has 152 valence electrons. The van der Waals surface area contributed by atoms with Crippen LogP contribution in [0.1, 0.15) is 19.5 Å². The lowest BCUT2D eigenvalue weighted by molar-refractivity contribution is -0.114. The van der Waals surface area contributed by atoms with E-state index in [0.717, 1.165) is 22.4 Å². The Bertz CT molecular complexity index is 1060. The number of benzene rings is 2. The van der Waals surface area contributed by atoms with E-state index in [1.807, 2.05) is 56.3 Å². The molecule has 6 nitrogen and oxygen atoms in total. The molecular weight excluding hydrogens is 366 g/mol. The van der Waals surface area contributed by atoms with Gasteiger partial charge in [-0.3, -0.25) is 4.79 Å². The third-order valence-corrected chi connectivity index (χ3v) is 4.25. The first kappa shape index (κ1) is 20.1. The number of nitrogens with one attached hydrogen (secondary N) is 1. The highest BCUT2D eigenvalue weighted by atomic mass is 16.5. The van der Waals surface area contributed by atoms with Crippen LogP contribution in [-0.2, 0) is 11.2 Å². The summed E-state index contributed by atoms with van der Waals surface area (Å²) in [5.41, 5.74) is 3.50. The quantitative estimate of drug-likeness (QED) is 0.515. The molecule has 0 atom stereocenters. The van der Waals surface area contributed by atoms with E-state index in [9.17, 15) is 4.79 Å². The zero-order valence-electron chi connectivity index (χ0n) is 16.7. The predicted molar refractivity (Wildman–Crippen MR) is 117 cm³/mol. The number of nitrogens with zero attached hydrogens (tertiary/aromatic N) is 2. The molecule has 6 heteroatoms. The highest BCUT2D eigenvalue weighted by Crippen LogP contribution is 2.29. The van der Waals surface area contributed by atoms with Gasteiger partial charge in [-0.25, -0.2) is 4.98 Å². The van der Waals surface area contributed by atoms with Crippen molar-refractivity contribution in [1.29, 1.82) is 0 Å². The van der Waals surface area contributed by atoms with Gasteiger partial charge in [0.1, 0.15) is 11.5 Å². The van der Waals surface area contributed by atoms with Gasteiger partial charge in [-0.1, -0.05) is 24.8 Å². The van der Waals surface area contributed by atoms with Gasteiger partial charge in [0.15, 0.2) is 5.78 Å². The first-order valence-electron chi connectivity index (χ1n) is 9.16. The molecule has 0 unspecified atom stereocenters. The zero-order chi connectivity index (χ0) is 20.8. The fourth-order valence-corrected chi connectivity index (χ4v) is 2.72. The lowest BCUT2D eigenvalue weighted by atomic mass is 10.1. The molecule has 0 radical (unpaired) electrons. The summed E-state index contributed by atoms with van der Waals surface area (Å²) in [5.74, 6) is 2.08. The van der Waals surface area contributed by atoms with Crippen LogP contribution in [0.15, 0.2) is 61.3 Å². The lowest BCUT2D eigenvalue weighted by Crippen LogP contribution is -2.02. The summed E-state index contributed by atoms with van der Waals surface area (Å²) in [6.45, 7) is 7.38. The molecule has 2 aromatic carbocycles. The molecular formula is C23H27N3O3. The predicted octanol–water partition coefficient (Wildman–Crippen LogP) is 5.43. The maximum absolute atomic E-state index is 11.6. The summed E-state index contributed by atoms with van der Waals surface area (Å²) in [4.78, 5) is 20.4. The van der Waals surface area contributed by atoms with Gasteiger partial charge in [-0.2, -0.15) is 4.98 Å². The van der Waals surface area contributed by atoms with Crippen LogP contribution in [0.2, 0.25) is 0 Å². The number of hydrogen-bond donors (Lipinski definition) is 1. The van der Waals surface area contributed by atoms with E-state index in [1.165, 1.54) is 6.08 Å². The molecule has 0 aliphatic rings. The number of carbonyl (C=O) groups is 1. The van der Waals surface area contributed by atoms with Crippen molar-refractivity contribution in [2.24, 2.45) is 0 Å². The molecule has 0 spiro atoms. The molecule has 0 amide bonds. The summed E-state index contributed by atoms with van der Waals surface area (Å²) < 4.78 is 11.4. The number of rotatable bonds is 8. The van der Waals surface area contributed by atoms with Crippen LogP contribution in [0.5, 0.6) is 17.4 Å². The number of aryl methyl sites for hydroxylation is 2. The molecule has 29 heavy (non-hydrogen) atoms. The molecule has 1 N–H and O–H groups in total. The monoisotopic (exact) mass is 393 g/mol. The molecule has 0 bridgehead atoms. The number of hydrogen-bond acceptors (Lipinski definition) is 6. The summed E-state index contributed by atoms with van der Waals surface area (Å²) in [6.07, 6.45) is 3.29. The molecule has 0 saturated carbocycles. The Hall–Kier alpha value is -3.67. The fourth-order valence-electron chi connectivity index (χ4n) is 2.72. The van der Waals surface area contributed by atoms with Crippen molar-refractivity contribution in [3.63, 3.8) is 0 Å². The smallest absolute Gasteiger partial charge is 0.230 e. The van der Waals surface area contributed by atoms with Crippen LogP contribution in [0.3, 0.4) is 0 Å². The second-order valence-electron chi connectivity index (χ2n) is 6.61. The van der Waals surface area contributed by atoms with E-state index in [-0.39, 0.29) is 15.1 Å². The van der Waals surface area contributed by atoms with E-state index in [1.54, 1.807) is 13.3 Å². The van der Waals surface area contributed by atoms with Gasteiger partial charge in [-0.05, 0) is 55.3 Å². The summed E-state index contributed by atoms with van der Waals surface area (Å²) in [6, 6.07) is 13.2. The summed E-state index contributed by atoms with van der Waals surface area (Å²) in [7, 11) is 1.62. The van der Waals surface area contributed by atoms with Crippen molar-refractivity contribution in [2.45, 2.75) is 20.3 Å². The molecule has 1 heterocycles. The number of ether oxygens (including phenoxy) is 2. The highest BCUT2D eigenvalue weighted by molar-refractivity contribution is 5.90. The van der Waals surface area contributed by atoms with E-state index in [0.29, 0.717) is 23.3 Å². The van der Waals surface area contributed by atoms with Gasteiger partial charge in [0.05, 0.1) is 12.8 Å². The van der Waals surface area contributed by atoms with E-state index in [4.69, 9.17) is 9.47 Å². The average Bonchev–Trinajstić information content (AvgIpc) is 2.72. The van der Waals surface area contributed by atoms with Gasteiger partial charge in [0, 0.05) is 21.0 Å². The Kier molecular flexibility index (Phi) is 6.24. The maximum atomic E-state index is 11.6. The molecule has 0 aliphatic carbocycles. The Labute approximate surface area is 173 Å². The van der Waals surface area contributed by atoms with Gasteiger partial charge in [0.2, 0.25) is 11.8 Å². The number of carbonyl (C=O) groups excluding carboxylic acids is 1. The largest absolute Gasteiger partial charge is 0.495 e. The molecule has 0 aliphatic heterocycles. The SMILES string of the molecule is C=CC(=O)Cc1cccc(Oc2nc(Nc3ccc(C)cc3OC)ncc2C)c1.[HH].[HH]. The Morgan fingerprint density at radius 1 is 1.24 bits per heavy atom. The first-order chi connectivity index (χ1) is 14.0. The summed E-state index contributed by atoms with van der Waals surface area (Å²) >= 11 is 0. The minimum atomic E-state index is -0.0427. The standard InChI is InChI=1S/C23H23N3O3.2H2/c1-5-18(27)12-17-7-6-8-19(13-17)29-22-16(3)14-24-23(26-22)25-20-10-9-15(2)11-21(20)28-4;;/h5-11,13-14H,1,12H2,2-4H3,(H,24,25,26);2*1H. The van der Waals surface area contributed by atoms with Crippen molar-refractivity contribution in [3.05, 3.63) is 78.0 Å². The van der Waals surface area contributed by atoms with Crippen LogP contribution in [0.4, 0.5) is 11.6 Å². The van der Waals surface area contributed by atoms with Gasteiger partial charge in [-0.15, -0.1) is 0 Å². The zero-order valence-corrected chi connectivity index (χ0v) is 16.7. The molecule has 1 aromatic heterocycles. The Morgan fingerprint density at radius 2 is 2.07 bits per heavy atom. The second kappa shape index (κ2) is 9.01. The van der Waals surface area contributed by atoms with Crippen LogP contribution in [0, 0.1) is 13.8 Å². The van der Waals surface area contributed by atoms with E-state index < -0.39 is 0 Å². The van der Waals surface area contributed by atoms with Crippen molar-refractivity contribution in [1.82, 2.24) is 9.97 Å². The van der Waals surface area contributed by atoms with E-state index in [2.05, 4.69) is 21.9 Å². The Morgan fingerprint density at radius 3 is 2.83 bits per heavy atom. The minimum absolute atomic E-state index is 0. The van der Waals surface area contributed by atoms with Crippen molar-refractivity contribution in [2.75, 3.05) is 12.4 Å². The number of anilines is 2. The third kappa shape index (κ3) is 5.19. The number of allylic oxidation sites excluding steroid dienone is 1. The number of methoxy groups -OCH3 is 1. The van der Waals surface area contributed by atoms with Gasteiger partial charge in [0.25, 0.3) is 0 Å². The maximum Gasteiger partial charge on any atom is 0.230 e. The highest BCUT2D eigenvalue weighted by Gasteiger charge is 2.10. The topological polar surface area (TPSA) is 73.3 Å². The Balaban J connectivity index is 0.00000240. The lowest BCUT2D eigenvalue weighted by Gasteiger charge is -2.13. The second-order valence-corrected chi connectivity index (χ2v) is 6.61. The molecule has 3 aromatic rings. The van der Waals surface area contributed by atoms with E-state index >= 15 is 0 Å². The fraction of sp³-hybridized carbons (Fsp3) is 0.174. The van der Waals surface area contributed by atoms with Crippen LogP contribution in [-0.4, -0.2) is 22.9 Å². The average molecular weight is 393 g/mol. The molecule has 0 saturated heterocycles. The van der Waals surface area contributed by atoms with Gasteiger partial charge < -0.3 is 14.8 Å². The van der Waals surface area contributed by atoms with Crippen LogP contribution < -0.4 is 14.8 Å². The third-order valence-electron chi connectivity index (χ3n) is 4.25. The van der Waals surface area contributed by atoms with Gasteiger partial charge >= 0.3 is 0 Å². The van der Waals surface area contributed by atoms with Crippen molar-refractivity contribution in [3.8, 4) is 17.4 Å². The molecule has 3 rings (SSSR count). The van der Waals surface area contributed by atoms with Crippen LogP contribution in [0.25, 0.3) is 0 Å². The number of aromatic nitrogens is 2. The number of ketones is 1. The normalized spacial score (nSPS) is 10.3. The van der Waals surface area contributed by atoms with Crippen molar-refractivity contribution >= 4 is 17.4 Å². The van der Waals surface area contributed by atoms with Crippen molar-refractivity contribution < 1.29 is 17.1 Å². The minimum Gasteiger partial charge on any atom is -0.495 e.